The average molecular weight is 461 g/mol. The first-order chi connectivity index (χ1) is 15.4. The highest BCUT2D eigenvalue weighted by atomic mass is 32.3. The number of aromatic nitrogens is 2. The Labute approximate surface area is 188 Å². The van der Waals surface area contributed by atoms with Crippen LogP contribution >= 0.6 is 10.6 Å². The molecule has 0 aliphatic carbocycles. The minimum Gasteiger partial charge on any atom is -0.501 e. The summed E-state index contributed by atoms with van der Waals surface area (Å²) in [6.07, 6.45) is 4.47. The van der Waals surface area contributed by atoms with Gasteiger partial charge in [-0.25, -0.2) is 9.97 Å². The lowest BCUT2D eigenvalue weighted by Gasteiger charge is -2.30. The summed E-state index contributed by atoms with van der Waals surface area (Å²) >= 11 is 0. The lowest BCUT2D eigenvalue weighted by atomic mass is 10.1. The van der Waals surface area contributed by atoms with Gasteiger partial charge in [0.25, 0.3) is 5.91 Å². The number of morpholine rings is 1. The second-order valence-corrected chi connectivity index (χ2v) is 10.2. The maximum atomic E-state index is 12.4. The van der Waals surface area contributed by atoms with E-state index in [9.17, 15) is 13.9 Å². The monoisotopic (exact) mass is 460 g/mol. The van der Waals surface area contributed by atoms with E-state index in [2.05, 4.69) is 15.2 Å². The number of carbonyl (C=O) groups excluding carboxylic acids is 1. The third-order valence-corrected chi connectivity index (χ3v) is 5.99. The Kier molecular flexibility index (Phi) is 6.95. The summed E-state index contributed by atoms with van der Waals surface area (Å²) < 4.78 is 30.6. The second-order valence-electron chi connectivity index (χ2n) is 7.93. The van der Waals surface area contributed by atoms with Crippen LogP contribution in [0.25, 0.3) is 11.4 Å². The number of carbonyl (C=O) groups is 1. The van der Waals surface area contributed by atoms with Crippen LogP contribution in [0.3, 0.4) is 0 Å². The van der Waals surface area contributed by atoms with Gasteiger partial charge in [-0.05, 0) is 37.1 Å². The minimum absolute atomic E-state index is 0.0607. The van der Waals surface area contributed by atoms with Gasteiger partial charge in [-0.15, -0.1) is 0 Å². The number of hydrogen-bond acceptors (Lipinski definition) is 8. The lowest BCUT2D eigenvalue weighted by Crippen LogP contribution is -2.37. The standard InChI is InChI=1S/C22H28N4O5S/c1-32(28,29)15-19-13-20(26-8-11-30-12-9-26)25-21(23-19)16-4-6-18(7-5-16)24-22(27)17-3-2-10-31-14-17/h4-7,13-14,28-29H,2-3,8-12,15H2,1H3,(H,24,27). The third-order valence-electron chi connectivity index (χ3n) is 5.15. The SMILES string of the molecule is CS(O)(O)Cc1cc(N2CCOCC2)nc(-c2ccc(NC(=O)C3=COCCC3)cc2)n1. The summed E-state index contributed by atoms with van der Waals surface area (Å²) in [6, 6.07) is 9.09. The number of anilines is 2. The molecule has 1 aromatic carbocycles. The molecule has 4 rings (SSSR count). The van der Waals surface area contributed by atoms with E-state index in [-0.39, 0.29) is 11.7 Å². The van der Waals surface area contributed by atoms with Gasteiger partial charge >= 0.3 is 0 Å². The van der Waals surface area contributed by atoms with Crippen molar-refractivity contribution in [2.75, 3.05) is 49.4 Å². The molecular weight excluding hydrogens is 432 g/mol. The van der Waals surface area contributed by atoms with Crippen LogP contribution in [0.2, 0.25) is 0 Å². The fourth-order valence-electron chi connectivity index (χ4n) is 3.57. The van der Waals surface area contributed by atoms with Crippen LogP contribution in [-0.2, 0) is 20.0 Å². The van der Waals surface area contributed by atoms with E-state index < -0.39 is 10.6 Å². The van der Waals surface area contributed by atoms with Crippen molar-refractivity contribution >= 4 is 28.0 Å². The molecule has 1 fully saturated rings. The van der Waals surface area contributed by atoms with Crippen LogP contribution in [0.1, 0.15) is 18.5 Å². The van der Waals surface area contributed by atoms with Gasteiger partial charge in [0.15, 0.2) is 5.82 Å². The lowest BCUT2D eigenvalue weighted by molar-refractivity contribution is -0.113. The molecule has 9 nitrogen and oxygen atoms in total. The molecule has 1 aromatic heterocycles. The predicted octanol–water partition coefficient (Wildman–Crippen LogP) is 3.49. The Morgan fingerprint density at radius 3 is 2.56 bits per heavy atom. The van der Waals surface area contributed by atoms with Crippen molar-refractivity contribution in [2.24, 2.45) is 0 Å². The number of hydrogen-bond donors (Lipinski definition) is 3. The van der Waals surface area contributed by atoms with Gasteiger partial charge in [0.05, 0.1) is 43.1 Å². The van der Waals surface area contributed by atoms with Gasteiger partial charge in [-0.3, -0.25) is 13.9 Å². The third kappa shape index (κ3) is 5.98. The highest BCUT2D eigenvalue weighted by Crippen LogP contribution is 2.38. The molecule has 3 N–H and O–H groups in total. The first kappa shape index (κ1) is 22.5. The number of ether oxygens (including phenoxy) is 2. The average Bonchev–Trinajstić information content (AvgIpc) is 2.79. The number of nitrogens with zero attached hydrogens (tertiary/aromatic N) is 3. The van der Waals surface area contributed by atoms with E-state index in [4.69, 9.17) is 14.5 Å². The number of amides is 1. The summed E-state index contributed by atoms with van der Waals surface area (Å²) in [6.45, 7) is 3.30. The quantitative estimate of drug-likeness (QED) is 0.600. The Hall–Kier alpha value is -2.66. The van der Waals surface area contributed by atoms with Crippen molar-refractivity contribution in [3.63, 3.8) is 0 Å². The molecule has 2 aliphatic heterocycles. The molecule has 1 amide bonds. The number of benzene rings is 1. The highest BCUT2D eigenvalue weighted by Gasteiger charge is 2.18. The molecule has 0 radical (unpaired) electrons. The van der Waals surface area contributed by atoms with Crippen LogP contribution < -0.4 is 10.2 Å². The molecule has 32 heavy (non-hydrogen) atoms. The van der Waals surface area contributed by atoms with Crippen molar-refractivity contribution in [1.82, 2.24) is 9.97 Å². The van der Waals surface area contributed by atoms with Gasteiger partial charge in [0.1, 0.15) is 5.82 Å². The van der Waals surface area contributed by atoms with Gasteiger partial charge in [-0.1, -0.05) is 0 Å². The van der Waals surface area contributed by atoms with E-state index in [1.54, 1.807) is 18.2 Å². The molecule has 1 saturated heterocycles. The van der Waals surface area contributed by atoms with Crippen LogP contribution in [0.15, 0.2) is 42.2 Å². The molecule has 10 heteroatoms. The van der Waals surface area contributed by atoms with Gasteiger partial charge in [0, 0.05) is 36.7 Å². The first-order valence-corrected chi connectivity index (χ1v) is 12.6. The minimum atomic E-state index is -2.75. The summed E-state index contributed by atoms with van der Waals surface area (Å²) in [5.41, 5.74) is 2.63. The van der Waals surface area contributed by atoms with Gasteiger partial charge in [-0.2, -0.15) is 10.6 Å². The molecule has 2 aliphatic rings. The Morgan fingerprint density at radius 1 is 1.16 bits per heavy atom. The van der Waals surface area contributed by atoms with Crippen molar-refractivity contribution in [2.45, 2.75) is 18.6 Å². The number of nitrogens with one attached hydrogen (secondary N) is 1. The summed E-state index contributed by atoms with van der Waals surface area (Å²) in [4.78, 5) is 23.8. The molecule has 0 unspecified atom stereocenters. The number of rotatable bonds is 6. The fourth-order valence-corrected chi connectivity index (χ4v) is 4.27. The normalized spacial score (nSPS) is 17.3. The Morgan fingerprint density at radius 2 is 1.91 bits per heavy atom. The van der Waals surface area contributed by atoms with Crippen LogP contribution in [0.5, 0.6) is 0 Å². The van der Waals surface area contributed by atoms with Crippen LogP contribution in [0.4, 0.5) is 11.5 Å². The molecule has 172 valence electrons. The largest absolute Gasteiger partial charge is 0.501 e. The molecule has 3 heterocycles. The molecular formula is C22H28N4O5S. The van der Waals surface area contributed by atoms with E-state index in [0.29, 0.717) is 62.1 Å². The topological polar surface area (TPSA) is 117 Å². The van der Waals surface area contributed by atoms with E-state index in [1.165, 1.54) is 12.5 Å². The molecule has 0 saturated carbocycles. The zero-order valence-corrected chi connectivity index (χ0v) is 18.8. The summed E-state index contributed by atoms with van der Waals surface area (Å²) in [5.74, 6) is 1.12. The predicted molar refractivity (Wildman–Crippen MR) is 125 cm³/mol. The van der Waals surface area contributed by atoms with E-state index >= 15 is 0 Å². The zero-order valence-electron chi connectivity index (χ0n) is 18.0. The van der Waals surface area contributed by atoms with Crippen molar-refractivity contribution < 1.29 is 23.4 Å². The molecule has 0 bridgehead atoms. The van der Waals surface area contributed by atoms with Crippen molar-refractivity contribution in [1.29, 1.82) is 0 Å². The maximum Gasteiger partial charge on any atom is 0.254 e. The molecule has 0 spiro atoms. The van der Waals surface area contributed by atoms with Gasteiger partial charge in [0.2, 0.25) is 0 Å². The van der Waals surface area contributed by atoms with E-state index in [1.807, 2.05) is 12.1 Å². The molecule has 0 atom stereocenters. The Balaban J connectivity index is 1.56. The smallest absolute Gasteiger partial charge is 0.254 e. The van der Waals surface area contributed by atoms with Crippen molar-refractivity contribution in [3.8, 4) is 11.4 Å². The summed E-state index contributed by atoms with van der Waals surface area (Å²) in [5, 5.41) is 2.88. The fraction of sp³-hybridized carbons (Fsp3) is 0.409. The van der Waals surface area contributed by atoms with Crippen molar-refractivity contribution in [3.05, 3.63) is 47.9 Å². The van der Waals surface area contributed by atoms with E-state index in [0.717, 1.165) is 17.8 Å². The second kappa shape index (κ2) is 9.86. The zero-order chi connectivity index (χ0) is 22.6. The van der Waals surface area contributed by atoms with Crippen LogP contribution in [-0.4, -0.2) is 64.1 Å². The molecule has 2 aromatic rings. The Bertz CT molecular complexity index is 985. The first-order valence-electron chi connectivity index (χ1n) is 10.5. The highest BCUT2D eigenvalue weighted by molar-refractivity contribution is 8.23. The maximum absolute atomic E-state index is 12.4. The van der Waals surface area contributed by atoms with Crippen LogP contribution in [0, 0.1) is 0 Å². The summed E-state index contributed by atoms with van der Waals surface area (Å²) in [7, 11) is -2.75. The van der Waals surface area contributed by atoms with Gasteiger partial charge < -0.3 is 19.7 Å².